The maximum atomic E-state index is 14.1. The van der Waals surface area contributed by atoms with Crippen molar-refractivity contribution < 1.29 is 24.2 Å². The second-order valence-corrected chi connectivity index (χ2v) is 12.1. The smallest absolute Gasteiger partial charge is 0.303 e. The molecule has 0 aromatic rings. The fourth-order valence-electron chi connectivity index (χ4n) is 9.35. The molecule has 4 fully saturated rings. The van der Waals surface area contributed by atoms with E-state index in [1.165, 1.54) is 6.92 Å². The van der Waals surface area contributed by atoms with Crippen LogP contribution in [-0.4, -0.2) is 28.9 Å². The van der Waals surface area contributed by atoms with Gasteiger partial charge < -0.3 is 9.84 Å². The molecule has 4 rings (SSSR count). The number of rotatable bonds is 5. The van der Waals surface area contributed by atoms with Gasteiger partial charge in [0, 0.05) is 25.2 Å². The fourth-order valence-corrected chi connectivity index (χ4v) is 9.35. The number of fused-ring (bicyclic) bond motifs is 5. The topological polar surface area (TPSA) is 80.7 Å². The summed E-state index contributed by atoms with van der Waals surface area (Å²) in [5, 5.41) is 9.37. The first kappa shape index (κ1) is 23.8. The molecule has 0 bridgehead atoms. The molecule has 4 aliphatic carbocycles. The number of Topliss-reactive ketones (excluding diaryl/α,β-unsaturated/α-hetero) is 1. The van der Waals surface area contributed by atoms with Gasteiger partial charge in [-0.25, -0.2) is 0 Å². The van der Waals surface area contributed by atoms with Crippen LogP contribution in [0.4, 0.5) is 0 Å². The van der Waals surface area contributed by atoms with Crippen molar-refractivity contribution in [1.29, 1.82) is 0 Å². The lowest BCUT2D eigenvalue weighted by Crippen LogP contribution is -2.60. The predicted octanol–water partition coefficient (Wildman–Crippen LogP) is 5.50. The number of carboxylic acids is 1. The Labute approximate surface area is 193 Å². The molecule has 0 radical (unpaired) electrons. The maximum absolute atomic E-state index is 14.1. The van der Waals surface area contributed by atoms with Gasteiger partial charge in [0.15, 0.2) is 0 Å². The molecule has 1 N–H and O–H groups in total. The van der Waals surface area contributed by atoms with Crippen molar-refractivity contribution in [2.24, 2.45) is 52.3 Å². The van der Waals surface area contributed by atoms with Gasteiger partial charge in [0.2, 0.25) is 0 Å². The fraction of sp³-hybridized carbons (Fsp3) is 0.889. The van der Waals surface area contributed by atoms with Crippen LogP contribution in [0.25, 0.3) is 0 Å². The van der Waals surface area contributed by atoms with E-state index in [0.717, 1.165) is 51.4 Å². The van der Waals surface area contributed by atoms with E-state index in [1.807, 2.05) is 0 Å². The summed E-state index contributed by atoms with van der Waals surface area (Å²) in [6.07, 6.45) is 8.08. The molecule has 5 nitrogen and oxygen atoms in total. The van der Waals surface area contributed by atoms with Crippen molar-refractivity contribution in [2.45, 2.75) is 98.5 Å². The van der Waals surface area contributed by atoms with Crippen molar-refractivity contribution in [2.75, 3.05) is 0 Å². The molecule has 0 aromatic heterocycles. The molecule has 0 heterocycles. The Morgan fingerprint density at radius 1 is 1.06 bits per heavy atom. The summed E-state index contributed by atoms with van der Waals surface area (Å²) in [5.74, 6) is 1.35. The Morgan fingerprint density at radius 2 is 1.72 bits per heavy atom. The van der Waals surface area contributed by atoms with Crippen LogP contribution in [0.5, 0.6) is 0 Å². The van der Waals surface area contributed by atoms with Crippen LogP contribution in [-0.2, 0) is 19.1 Å². The van der Waals surface area contributed by atoms with Gasteiger partial charge in [-0.2, -0.15) is 0 Å². The van der Waals surface area contributed by atoms with Crippen LogP contribution in [0.15, 0.2) is 0 Å². The van der Waals surface area contributed by atoms with E-state index in [1.54, 1.807) is 0 Å². The van der Waals surface area contributed by atoms with Crippen molar-refractivity contribution in [3.8, 4) is 0 Å². The summed E-state index contributed by atoms with van der Waals surface area (Å²) < 4.78 is 5.61. The first-order valence-electron chi connectivity index (χ1n) is 13.0. The standard InChI is InChI=1S/C27H42O5/c1-6-18-22-14-17(32-16(3)28)9-11-27(22,5)21-10-12-26(4)19(15(2)13-23(29)30)7-8-20(26)24(21)25(18)31/h15,17-22,24H,6-14H2,1-5H3,(H,29,30). The summed E-state index contributed by atoms with van der Waals surface area (Å²) in [6, 6.07) is 0. The molecule has 180 valence electrons. The van der Waals surface area contributed by atoms with Gasteiger partial charge in [-0.3, -0.25) is 14.4 Å². The summed E-state index contributed by atoms with van der Waals surface area (Å²) in [7, 11) is 0. The monoisotopic (exact) mass is 446 g/mol. The molecule has 0 saturated heterocycles. The van der Waals surface area contributed by atoms with Crippen molar-refractivity contribution in [3.63, 3.8) is 0 Å². The summed E-state index contributed by atoms with van der Waals surface area (Å²) >= 11 is 0. The van der Waals surface area contributed by atoms with Gasteiger partial charge >= 0.3 is 11.9 Å². The normalized spacial score (nSPS) is 46.5. The first-order valence-corrected chi connectivity index (χ1v) is 13.0. The first-order chi connectivity index (χ1) is 15.0. The number of carboxylic acid groups (broad SMARTS) is 1. The third-order valence-corrected chi connectivity index (χ3v) is 10.7. The minimum Gasteiger partial charge on any atom is -0.481 e. The highest BCUT2D eigenvalue weighted by Gasteiger charge is 2.65. The molecule has 10 unspecified atom stereocenters. The van der Waals surface area contributed by atoms with Gasteiger partial charge in [0.25, 0.3) is 0 Å². The number of aliphatic carboxylic acids is 1. The Balaban J connectivity index is 1.63. The van der Waals surface area contributed by atoms with Gasteiger partial charge in [-0.15, -0.1) is 0 Å². The van der Waals surface area contributed by atoms with E-state index < -0.39 is 5.97 Å². The molecule has 4 saturated carbocycles. The van der Waals surface area contributed by atoms with Crippen LogP contribution in [0, 0.1) is 52.3 Å². The summed E-state index contributed by atoms with van der Waals surface area (Å²) in [6.45, 7) is 10.5. The highest BCUT2D eigenvalue weighted by atomic mass is 16.5. The highest BCUT2D eigenvalue weighted by molar-refractivity contribution is 5.86. The molecule has 0 aliphatic heterocycles. The third-order valence-electron chi connectivity index (χ3n) is 10.7. The van der Waals surface area contributed by atoms with Crippen LogP contribution in [0.2, 0.25) is 0 Å². The van der Waals surface area contributed by atoms with Gasteiger partial charge in [0.1, 0.15) is 11.9 Å². The maximum Gasteiger partial charge on any atom is 0.303 e. The largest absolute Gasteiger partial charge is 0.481 e. The Hall–Kier alpha value is -1.39. The quantitative estimate of drug-likeness (QED) is 0.564. The number of esters is 1. The number of ether oxygens (including phenoxy) is 1. The SMILES string of the molecule is CCC1C(=O)C2C3CCC(C(C)CC(=O)O)C3(C)CCC2C2(C)CCC(OC(C)=O)CC12. The van der Waals surface area contributed by atoms with E-state index in [-0.39, 0.29) is 47.1 Å². The Bertz CT molecular complexity index is 776. The van der Waals surface area contributed by atoms with Crippen molar-refractivity contribution in [1.82, 2.24) is 0 Å². The Kier molecular flexibility index (Phi) is 6.26. The van der Waals surface area contributed by atoms with E-state index in [4.69, 9.17) is 4.74 Å². The molecule has 10 atom stereocenters. The number of carbonyl (C=O) groups excluding carboxylic acids is 2. The molecule has 0 aromatic carbocycles. The van der Waals surface area contributed by atoms with E-state index >= 15 is 0 Å². The average Bonchev–Trinajstić information content (AvgIpc) is 3.05. The third kappa shape index (κ3) is 3.62. The molecule has 0 amide bonds. The highest BCUT2D eigenvalue weighted by Crippen LogP contribution is 2.68. The lowest BCUT2D eigenvalue weighted by Gasteiger charge is -2.62. The van der Waals surface area contributed by atoms with Gasteiger partial charge in [-0.1, -0.05) is 27.7 Å². The summed E-state index contributed by atoms with van der Waals surface area (Å²) in [5.41, 5.74) is 0.199. The van der Waals surface area contributed by atoms with Crippen LogP contribution < -0.4 is 0 Å². The minimum atomic E-state index is -0.710. The lowest BCUT2D eigenvalue weighted by molar-refractivity contribution is -0.178. The molecule has 0 spiro atoms. The predicted molar refractivity (Wildman–Crippen MR) is 122 cm³/mol. The molecular weight excluding hydrogens is 404 g/mol. The van der Waals surface area contributed by atoms with Gasteiger partial charge in [-0.05, 0) is 91.8 Å². The number of ketones is 1. The van der Waals surface area contributed by atoms with Crippen molar-refractivity contribution in [3.05, 3.63) is 0 Å². The van der Waals surface area contributed by atoms with E-state index in [0.29, 0.717) is 29.5 Å². The zero-order chi connectivity index (χ0) is 23.4. The minimum absolute atomic E-state index is 0.0504. The molecule has 5 heteroatoms. The van der Waals surface area contributed by atoms with Crippen LogP contribution in [0.3, 0.4) is 0 Å². The zero-order valence-corrected chi connectivity index (χ0v) is 20.6. The number of hydrogen-bond donors (Lipinski definition) is 1. The molecular formula is C27H42O5. The van der Waals surface area contributed by atoms with E-state index in [2.05, 4.69) is 27.7 Å². The van der Waals surface area contributed by atoms with Crippen molar-refractivity contribution >= 4 is 17.7 Å². The Morgan fingerprint density at radius 3 is 2.34 bits per heavy atom. The zero-order valence-electron chi connectivity index (χ0n) is 20.6. The number of carbonyl (C=O) groups is 3. The second kappa shape index (κ2) is 8.43. The van der Waals surface area contributed by atoms with Crippen LogP contribution >= 0.6 is 0 Å². The second-order valence-electron chi connectivity index (χ2n) is 12.1. The van der Waals surface area contributed by atoms with Gasteiger partial charge in [0.05, 0.1) is 0 Å². The average molecular weight is 447 g/mol. The number of hydrogen-bond acceptors (Lipinski definition) is 4. The molecule has 32 heavy (non-hydrogen) atoms. The molecule has 4 aliphatic rings. The lowest BCUT2D eigenvalue weighted by atomic mass is 9.42. The van der Waals surface area contributed by atoms with Crippen LogP contribution in [0.1, 0.15) is 92.4 Å². The van der Waals surface area contributed by atoms with E-state index in [9.17, 15) is 19.5 Å². The summed E-state index contributed by atoms with van der Waals surface area (Å²) in [4.78, 5) is 37.0.